The van der Waals surface area contributed by atoms with Crippen LogP contribution >= 0.6 is 27.3 Å². The van der Waals surface area contributed by atoms with Crippen molar-refractivity contribution in [3.63, 3.8) is 0 Å². The van der Waals surface area contributed by atoms with Crippen molar-refractivity contribution in [1.29, 1.82) is 0 Å². The normalized spacial score (nSPS) is 18.5. The molecule has 0 radical (unpaired) electrons. The van der Waals surface area contributed by atoms with Crippen molar-refractivity contribution in [2.75, 3.05) is 20.3 Å². The SMILES string of the molecule is CN(Cc1csc(Br)c1)C(=O)C1(C(N)=NO)CCOCC1. The van der Waals surface area contributed by atoms with Gasteiger partial charge in [-0.1, -0.05) is 5.16 Å². The second kappa shape index (κ2) is 6.76. The van der Waals surface area contributed by atoms with Crippen molar-refractivity contribution in [3.8, 4) is 0 Å². The summed E-state index contributed by atoms with van der Waals surface area (Å²) in [5.74, 6) is -0.169. The molecule has 21 heavy (non-hydrogen) atoms. The van der Waals surface area contributed by atoms with Crippen LogP contribution in [0.2, 0.25) is 0 Å². The predicted molar refractivity (Wildman–Crippen MR) is 84.4 cm³/mol. The Bertz CT molecular complexity index is 541. The van der Waals surface area contributed by atoms with Crippen LogP contribution in [0.15, 0.2) is 20.4 Å². The summed E-state index contributed by atoms with van der Waals surface area (Å²) in [6, 6.07) is 1.98. The van der Waals surface area contributed by atoms with E-state index in [0.29, 0.717) is 32.6 Å². The van der Waals surface area contributed by atoms with Crippen LogP contribution in [0.1, 0.15) is 18.4 Å². The molecule has 0 saturated carbocycles. The number of rotatable bonds is 4. The van der Waals surface area contributed by atoms with E-state index in [1.165, 1.54) is 0 Å². The van der Waals surface area contributed by atoms with Gasteiger partial charge in [-0.2, -0.15) is 0 Å². The first-order chi connectivity index (χ1) is 9.99. The second-order valence-electron chi connectivity index (χ2n) is 5.10. The van der Waals surface area contributed by atoms with E-state index in [-0.39, 0.29) is 11.7 Å². The van der Waals surface area contributed by atoms with Gasteiger partial charge in [0.15, 0.2) is 5.84 Å². The molecule has 1 aliphatic heterocycles. The van der Waals surface area contributed by atoms with E-state index in [9.17, 15) is 4.79 Å². The van der Waals surface area contributed by atoms with Crippen LogP contribution in [-0.4, -0.2) is 42.1 Å². The number of nitrogens with two attached hydrogens (primary N) is 1. The summed E-state index contributed by atoms with van der Waals surface area (Å²) in [7, 11) is 1.73. The van der Waals surface area contributed by atoms with Crippen molar-refractivity contribution in [1.82, 2.24) is 4.90 Å². The topological polar surface area (TPSA) is 88.2 Å². The molecule has 1 aliphatic rings. The Labute approximate surface area is 135 Å². The molecule has 3 N–H and O–H groups in total. The molecule has 0 unspecified atom stereocenters. The van der Waals surface area contributed by atoms with Gasteiger partial charge in [-0.3, -0.25) is 4.79 Å². The van der Waals surface area contributed by atoms with Gasteiger partial charge in [0.2, 0.25) is 5.91 Å². The first-order valence-electron chi connectivity index (χ1n) is 6.54. The largest absolute Gasteiger partial charge is 0.409 e. The Morgan fingerprint density at radius 1 is 1.62 bits per heavy atom. The fraction of sp³-hybridized carbons (Fsp3) is 0.538. The monoisotopic (exact) mass is 375 g/mol. The van der Waals surface area contributed by atoms with Crippen LogP contribution < -0.4 is 5.73 Å². The number of oxime groups is 1. The van der Waals surface area contributed by atoms with E-state index in [1.54, 1.807) is 23.3 Å². The Hall–Kier alpha value is -1.12. The van der Waals surface area contributed by atoms with E-state index in [2.05, 4.69) is 21.1 Å². The van der Waals surface area contributed by atoms with E-state index in [0.717, 1.165) is 9.35 Å². The highest BCUT2D eigenvalue weighted by Gasteiger charge is 2.46. The number of carbonyl (C=O) groups is 1. The van der Waals surface area contributed by atoms with Crippen LogP contribution in [0.3, 0.4) is 0 Å². The molecule has 0 bridgehead atoms. The van der Waals surface area contributed by atoms with Gasteiger partial charge < -0.3 is 20.6 Å². The fourth-order valence-electron chi connectivity index (χ4n) is 2.53. The number of hydrogen-bond donors (Lipinski definition) is 2. The zero-order valence-electron chi connectivity index (χ0n) is 11.7. The third-order valence-corrected chi connectivity index (χ3v) is 5.30. The van der Waals surface area contributed by atoms with Gasteiger partial charge in [0, 0.05) is 26.8 Å². The number of carbonyl (C=O) groups excluding carboxylic acids is 1. The number of halogens is 1. The first-order valence-corrected chi connectivity index (χ1v) is 8.21. The molecule has 0 spiro atoms. The van der Waals surface area contributed by atoms with Crippen LogP contribution in [0.5, 0.6) is 0 Å². The fourth-order valence-corrected chi connectivity index (χ4v) is 3.74. The van der Waals surface area contributed by atoms with Crippen molar-refractivity contribution in [2.24, 2.45) is 16.3 Å². The molecule has 1 aromatic heterocycles. The van der Waals surface area contributed by atoms with Crippen LogP contribution in [0.4, 0.5) is 0 Å². The van der Waals surface area contributed by atoms with Crippen molar-refractivity contribution in [3.05, 3.63) is 20.8 Å². The predicted octanol–water partition coefficient (Wildman–Crippen LogP) is 2.01. The maximum absolute atomic E-state index is 12.8. The lowest BCUT2D eigenvalue weighted by atomic mass is 9.77. The number of ether oxygens (including phenoxy) is 1. The van der Waals surface area contributed by atoms with E-state index in [4.69, 9.17) is 15.7 Å². The summed E-state index contributed by atoms with van der Waals surface area (Å²) in [4.78, 5) is 14.4. The molecule has 2 heterocycles. The Morgan fingerprint density at radius 2 is 2.29 bits per heavy atom. The average molecular weight is 376 g/mol. The molecular weight excluding hydrogens is 358 g/mol. The minimum atomic E-state index is -0.963. The van der Waals surface area contributed by atoms with E-state index in [1.807, 2.05) is 11.4 Å². The van der Waals surface area contributed by atoms with Gasteiger partial charge in [-0.05, 0) is 45.8 Å². The molecule has 0 atom stereocenters. The summed E-state index contributed by atoms with van der Waals surface area (Å²) in [5, 5.41) is 14.1. The number of amidine groups is 1. The van der Waals surface area contributed by atoms with E-state index < -0.39 is 5.41 Å². The minimum absolute atomic E-state index is 0.0332. The molecular formula is C13H18BrN3O3S. The highest BCUT2D eigenvalue weighted by atomic mass is 79.9. The van der Waals surface area contributed by atoms with Gasteiger partial charge in [0.1, 0.15) is 5.41 Å². The summed E-state index contributed by atoms with van der Waals surface area (Å²) in [6.45, 7) is 1.35. The Kier molecular flexibility index (Phi) is 5.23. The third-order valence-electron chi connectivity index (χ3n) is 3.74. The lowest BCUT2D eigenvalue weighted by Crippen LogP contribution is -2.52. The molecule has 6 nitrogen and oxygen atoms in total. The van der Waals surface area contributed by atoms with Crippen LogP contribution in [-0.2, 0) is 16.1 Å². The van der Waals surface area contributed by atoms with E-state index >= 15 is 0 Å². The number of hydrogen-bond acceptors (Lipinski definition) is 5. The smallest absolute Gasteiger partial charge is 0.236 e. The second-order valence-corrected chi connectivity index (χ2v) is 7.39. The summed E-state index contributed by atoms with van der Waals surface area (Å²) >= 11 is 4.98. The lowest BCUT2D eigenvalue weighted by molar-refractivity contribution is -0.141. The maximum Gasteiger partial charge on any atom is 0.236 e. The standard InChI is InChI=1S/C13H18BrN3O3S/c1-17(7-9-6-10(14)21-8-9)12(18)13(11(15)16-19)2-4-20-5-3-13/h6,8,19H,2-5,7H2,1H3,(H2,15,16). The number of thiophene rings is 1. The first kappa shape index (κ1) is 16.3. The highest BCUT2D eigenvalue weighted by Crippen LogP contribution is 2.33. The van der Waals surface area contributed by atoms with Crippen LogP contribution in [0, 0.1) is 5.41 Å². The summed E-state index contributed by atoms with van der Waals surface area (Å²) in [6.07, 6.45) is 0.860. The molecule has 116 valence electrons. The molecule has 0 aromatic carbocycles. The number of nitrogens with zero attached hydrogens (tertiary/aromatic N) is 2. The molecule has 2 rings (SSSR count). The highest BCUT2D eigenvalue weighted by molar-refractivity contribution is 9.11. The molecule has 0 aliphatic carbocycles. The maximum atomic E-state index is 12.8. The molecule has 1 amide bonds. The van der Waals surface area contributed by atoms with Gasteiger partial charge in [0.25, 0.3) is 0 Å². The molecule has 1 aromatic rings. The quantitative estimate of drug-likeness (QED) is 0.364. The Balaban J connectivity index is 2.17. The van der Waals surface area contributed by atoms with Gasteiger partial charge in [-0.15, -0.1) is 11.3 Å². The van der Waals surface area contributed by atoms with Gasteiger partial charge >= 0.3 is 0 Å². The summed E-state index contributed by atoms with van der Waals surface area (Å²) in [5.41, 5.74) is 5.89. The van der Waals surface area contributed by atoms with Crippen LogP contribution in [0.25, 0.3) is 0 Å². The van der Waals surface area contributed by atoms with Crippen molar-refractivity contribution in [2.45, 2.75) is 19.4 Å². The van der Waals surface area contributed by atoms with Gasteiger partial charge in [0.05, 0.1) is 3.79 Å². The lowest BCUT2D eigenvalue weighted by Gasteiger charge is -2.37. The van der Waals surface area contributed by atoms with Gasteiger partial charge in [-0.25, -0.2) is 0 Å². The van der Waals surface area contributed by atoms with Crippen molar-refractivity contribution < 1.29 is 14.7 Å². The zero-order valence-corrected chi connectivity index (χ0v) is 14.1. The number of amides is 1. The molecule has 8 heteroatoms. The molecule has 1 fully saturated rings. The average Bonchev–Trinajstić information content (AvgIpc) is 2.91. The Morgan fingerprint density at radius 3 is 2.81 bits per heavy atom. The third kappa shape index (κ3) is 3.38. The summed E-state index contributed by atoms with van der Waals surface area (Å²) < 4.78 is 6.33. The molecule has 1 saturated heterocycles. The zero-order chi connectivity index (χ0) is 15.5. The minimum Gasteiger partial charge on any atom is -0.409 e. The van der Waals surface area contributed by atoms with Crippen molar-refractivity contribution >= 4 is 39.0 Å².